The zero-order valence-corrected chi connectivity index (χ0v) is 17.4. The Hall–Kier alpha value is -3.54. The number of ketones is 1. The number of furan rings is 1. The van der Waals surface area contributed by atoms with Gasteiger partial charge < -0.3 is 18.9 Å². The summed E-state index contributed by atoms with van der Waals surface area (Å²) < 4.78 is 16.9. The van der Waals surface area contributed by atoms with Gasteiger partial charge in [-0.1, -0.05) is 18.2 Å². The molecular formula is C24H23NO5. The summed E-state index contributed by atoms with van der Waals surface area (Å²) in [5.74, 6) is -0.0987. The summed E-state index contributed by atoms with van der Waals surface area (Å²) in [6, 6.07) is 13.3. The number of carbonyl (C=O) groups is 2. The molecule has 1 N–H and O–H groups in total. The Kier molecular flexibility index (Phi) is 5.08. The average molecular weight is 405 g/mol. The largest absolute Gasteiger partial charge is 0.482 e. The van der Waals surface area contributed by atoms with E-state index in [9.17, 15) is 9.59 Å². The van der Waals surface area contributed by atoms with Crippen LogP contribution in [0.25, 0.3) is 21.9 Å². The number of aromatic nitrogens is 1. The molecule has 0 radical (unpaired) electrons. The van der Waals surface area contributed by atoms with Gasteiger partial charge in [-0.3, -0.25) is 4.79 Å². The number of benzene rings is 2. The number of carbonyl (C=O) groups excluding carboxylic acids is 2. The third kappa shape index (κ3) is 3.34. The highest BCUT2D eigenvalue weighted by Crippen LogP contribution is 2.32. The fourth-order valence-corrected chi connectivity index (χ4v) is 3.75. The van der Waals surface area contributed by atoms with Crippen LogP contribution in [0.4, 0.5) is 0 Å². The van der Waals surface area contributed by atoms with Crippen LogP contribution in [0.1, 0.15) is 46.0 Å². The van der Waals surface area contributed by atoms with Crippen molar-refractivity contribution in [3.8, 4) is 5.75 Å². The summed E-state index contributed by atoms with van der Waals surface area (Å²) in [4.78, 5) is 28.2. The molecule has 30 heavy (non-hydrogen) atoms. The van der Waals surface area contributed by atoms with Crippen molar-refractivity contribution in [1.82, 2.24) is 4.98 Å². The second-order valence-corrected chi connectivity index (χ2v) is 7.23. The van der Waals surface area contributed by atoms with Gasteiger partial charge in [-0.05, 0) is 57.5 Å². The highest BCUT2D eigenvalue weighted by Gasteiger charge is 2.26. The van der Waals surface area contributed by atoms with Crippen LogP contribution in [0, 0.1) is 13.8 Å². The van der Waals surface area contributed by atoms with E-state index < -0.39 is 12.1 Å². The lowest BCUT2D eigenvalue weighted by Crippen LogP contribution is -2.25. The van der Waals surface area contributed by atoms with E-state index >= 15 is 0 Å². The van der Waals surface area contributed by atoms with Crippen LogP contribution in [0.5, 0.6) is 5.75 Å². The second kappa shape index (κ2) is 7.71. The molecule has 0 fully saturated rings. The number of para-hydroxylation sites is 1. The van der Waals surface area contributed by atoms with Crippen molar-refractivity contribution in [1.29, 1.82) is 0 Å². The number of ether oxygens (including phenoxy) is 2. The van der Waals surface area contributed by atoms with Crippen molar-refractivity contribution < 1.29 is 23.5 Å². The van der Waals surface area contributed by atoms with Crippen molar-refractivity contribution in [3.63, 3.8) is 0 Å². The summed E-state index contributed by atoms with van der Waals surface area (Å²) in [6.07, 6.45) is -0.743. The average Bonchev–Trinajstić information content (AvgIpc) is 3.24. The van der Waals surface area contributed by atoms with Gasteiger partial charge in [0.2, 0.25) is 5.78 Å². The molecule has 0 bridgehead atoms. The molecule has 0 aliphatic heterocycles. The zero-order chi connectivity index (χ0) is 21.4. The minimum Gasteiger partial charge on any atom is -0.482 e. The van der Waals surface area contributed by atoms with E-state index in [1.165, 1.54) is 0 Å². The lowest BCUT2D eigenvalue weighted by molar-refractivity contribution is 0.0525. The van der Waals surface area contributed by atoms with Crippen LogP contribution in [0.2, 0.25) is 0 Å². The lowest BCUT2D eigenvalue weighted by Gasteiger charge is -2.13. The van der Waals surface area contributed by atoms with Gasteiger partial charge in [0.25, 0.3) is 0 Å². The summed E-state index contributed by atoms with van der Waals surface area (Å²) in [7, 11) is 0. The maximum atomic E-state index is 13.0. The quantitative estimate of drug-likeness (QED) is 0.345. The first-order valence-electron chi connectivity index (χ1n) is 9.89. The SMILES string of the molecule is CCOC(=O)c1c(C)[nH]c(C(=O)C(C)Oc2ccc3oc4ccccc4c3c2)c1C. The normalized spacial score (nSPS) is 12.3. The van der Waals surface area contributed by atoms with E-state index in [2.05, 4.69) is 4.98 Å². The Balaban J connectivity index is 1.60. The van der Waals surface area contributed by atoms with Crippen molar-refractivity contribution in [2.45, 2.75) is 33.8 Å². The first-order chi connectivity index (χ1) is 14.4. The molecule has 0 saturated carbocycles. The van der Waals surface area contributed by atoms with Gasteiger partial charge in [0, 0.05) is 16.5 Å². The number of hydrogen-bond donors (Lipinski definition) is 1. The number of aryl methyl sites for hydroxylation is 1. The van der Waals surface area contributed by atoms with Crippen molar-refractivity contribution in [2.75, 3.05) is 6.61 Å². The van der Waals surface area contributed by atoms with Crippen LogP contribution in [-0.4, -0.2) is 29.4 Å². The van der Waals surface area contributed by atoms with Gasteiger partial charge in [0.15, 0.2) is 6.10 Å². The zero-order valence-electron chi connectivity index (χ0n) is 17.4. The van der Waals surface area contributed by atoms with Crippen LogP contribution >= 0.6 is 0 Å². The summed E-state index contributed by atoms with van der Waals surface area (Å²) in [6.45, 7) is 7.20. The molecule has 1 atom stereocenters. The Morgan fingerprint density at radius 3 is 2.57 bits per heavy atom. The molecule has 4 aromatic rings. The molecule has 6 heteroatoms. The summed E-state index contributed by atoms with van der Waals surface area (Å²) in [5, 5.41) is 1.92. The van der Waals surface area contributed by atoms with Crippen LogP contribution in [0.3, 0.4) is 0 Å². The van der Waals surface area contributed by atoms with Gasteiger partial charge in [-0.15, -0.1) is 0 Å². The third-order valence-corrected chi connectivity index (χ3v) is 5.19. The molecule has 0 saturated heterocycles. The van der Waals surface area contributed by atoms with Gasteiger partial charge in [-0.2, -0.15) is 0 Å². The predicted molar refractivity (Wildman–Crippen MR) is 114 cm³/mol. The minimum atomic E-state index is -0.743. The molecule has 4 rings (SSSR count). The molecule has 2 aromatic heterocycles. The van der Waals surface area contributed by atoms with E-state index in [0.29, 0.717) is 28.3 Å². The van der Waals surface area contributed by atoms with E-state index in [4.69, 9.17) is 13.9 Å². The van der Waals surface area contributed by atoms with Crippen LogP contribution < -0.4 is 4.74 Å². The minimum absolute atomic E-state index is 0.233. The topological polar surface area (TPSA) is 81.5 Å². The van der Waals surface area contributed by atoms with E-state index in [-0.39, 0.29) is 12.4 Å². The number of H-pyrrole nitrogens is 1. The summed E-state index contributed by atoms with van der Waals surface area (Å²) >= 11 is 0. The Bertz CT molecular complexity index is 1260. The number of hydrogen-bond acceptors (Lipinski definition) is 5. The van der Waals surface area contributed by atoms with E-state index in [0.717, 1.165) is 21.9 Å². The number of esters is 1. The van der Waals surface area contributed by atoms with Gasteiger partial charge in [0.05, 0.1) is 17.9 Å². The lowest BCUT2D eigenvalue weighted by atomic mass is 10.1. The molecule has 1 unspecified atom stereocenters. The number of aromatic amines is 1. The molecule has 0 aliphatic carbocycles. The number of fused-ring (bicyclic) bond motifs is 3. The molecular weight excluding hydrogens is 382 g/mol. The fourth-order valence-electron chi connectivity index (χ4n) is 3.75. The van der Waals surface area contributed by atoms with Crippen LogP contribution in [0.15, 0.2) is 46.9 Å². The molecule has 2 aromatic carbocycles. The van der Waals surface area contributed by atoms with Crippen molar-refractivity contribution in [3.05, 3.63) is 65.0 Å². The number of rotatable bonds is 6. The molecule has 154 valence electrons. The predicted octanol–water partition coefficient (Wildman–Crippen LogP) is 5.36. The molecule has 2 heterocycles. The molecule has 0 aliphatic rings. The van der Waals surface area contributed by atoms with Crippen molar-refractivity contribution >= 4 is 33.7 Å². The molecule has 6 nitrogen and oxygen atoms in total. The van der Waals surface area contributed by atoms with Crippen LogP contribution in [-0.2, 0) is 4.74 Å². The monoisotopic (exact) mass is 405 g/mol. The maximum Gasteiger partial charge on any atom is 0.340 e. The molecule has 0 spiro atoms. The van der Waals surface area contributed by atoms with Gasteiger partial charge in [0.1, 0.15) is 16.9 Å². The maximum absolute atomic E-state index is 13.0. The van der Waals surface area contributed by atoms with Gasteiger partial charge in [-0.25, -0.2) is 4.79 Å². The smallest absolute Gasteiger partial charge is 0.340 e. The third-order valence-electron chi connectivity index (χ3n) is 5.19. The molecule has 0 amide bonds. The van der Waals surface area contributed by atoms with E-state index in [1.54, 1.807) is 33.8 Å². The Morgan fingerprint density at radius 1 is 1.07 bits per heavy atom. The van der Waals surface area contributed by atoms with Crippen molar-refractivity contribution in [2.24, 2.45) is 0 Å². The van der Waals surface area contributed by atoms with Gasteiger partial charge >= 0.3 is 5.97 Å². The highest BCUT2D eigenvalue weighted by atomic mass is 16.5. The number of Topliss-reactive ketones (excluding diaryl/α,β-unsaturated/α-hetero) is 1. The first-order valence-corrected chi connectivity index (χ1v) is 9.89. The Labute approximate surface area is 173 Å². The number of nitrogens with one attached hydrogen (secondary N) is 1. The second-order valence-electron chi connectivity index (χ2n) is 7.23. The van der Waals surface area contributed by atoms with E-state index in [1.807, 2.05) is 36.4 Å². The standard InChI is InChI=1S/C24H23NO5/c1-5-28-24(27)21-13(2)22(25-14(21)3)23(26)15(4)29-16-10-11-20-18(12-16)17-8-6-7-9-19(17)30-20/h6-12,15,25H,5H2,1-4H3. The highest BCUT2D eigenvalue weighted by molar-refractivity contribution is 6.06. The first kappa shape index (κ1) is 19.8. The fraction of sp³-hybridized carbons (Fsp3) is 0.250. The Morgan fingerprint density at radius 2 is 1.80 bits per heavy atom. The summed E-state index contributed by atoms with van der Waals surface area (Å²) in [5.41, 5.74) is 3.50.